The molecule has 0 amide bonds. The van der Waals surface area contributed by atoms with Gasteiger partial charge in [0.25, 0.3) is 0 Å². The van der Waals surface area contributed by atoms with Gasteiger partial charge in [0.05, 0.1) is 24.5 Å². The van der Waals surface area contributed by atoms with E-state index in [2.05, 4.69) is 23.3 Å². The van der Waals surface area contributed by atoms with Crippen molar-refractivity contribution < 1.29 is 4.74 Å². The molecule has 21 heavy (non-hydrogen) atoms. The fourth-order valence-electron chi connectivity index (χ4n) is 2.84. The van der Waals surface area contributed by atoms with Gasteiger partial charge in [-0.1, -0.05) is 12.1 Å². The molecule has 1 heterocycles. The van der Waals surface area contributed by atoms with E-state index in [1.165, 1.54) is 23.4 Å². The van der Waals surface area contributed by atoms with Crippen molar-refractivity contribution in [2.24, 2.45) is 0 Å². The fourth-order valence-corrected chi connectivity index (χ4v) is 3.98. The van der Waals surface area contributed by atoms with Gasteiger partial charge >= 0.3 is 0 Å². The summed E-state index contributed by atoms with van der Waals surface area (Å²) in [4.78, 5) is 8.41. The first-order valence-electron chi connectivity index (χ1n) is 7.28. The number of hydrogen-bond acceptors (Lipinski definition) is 5. The van der Waals surface area contributed by atoms with Crippen LogP contribution in [0.1, 0.15) is 29.5 Å². The normalized spacial score (nSPS) is 17.4. The molecule has 112 valence electrons. The Hall–Kier alpha value is -1.59. The number of rotatable bonds is 4. The van der Waals surface area contributed by atoms with Gasteiger partial charge in [0.2, 0.25) is 0 Å². The summed E-state index contributed by atoms with van der Waals surface area (Å²) in [5, 5.41) is 4.41. The number of hydrogen-bond donors (Lipinski definition) is 1. The minimum atomic E-state index is 0.393. The Morgan fingerprint density at radius 3 is 2.95 bits per heavy atom. The van der Waals surface area contributed by atoms with Gasteiger partial charge in [0.15, 0.2) is 5.13 Å². The zero-order valence-corrected chi connectivity index (χ0v) is 13.5. The first-order chi connectivity index (χ1) is 10.2. The Morgan fingerprint density at radius 1 is 1.38 bits per heavy atom. The quantitative estimate of drug-likeness (QED) is 0.938. The van der Waals surface area contributed by atoms with Crippen molar-refractivity contribution in [1.82, 2.24) is 10.3 Å². The van der Waals surface area contributed by atoms with Crippen LogP contribution in [0, 0.1) is 0 Å². The molecule has 0 fully saturated rings. The van der Waals surface area contributed by atoms with Crippen LogP contribution in [-0.2, 0) is 6.42 Å². The number of methoxy groups -OCH3 is 1. The molecule has 3 rings (SSSR count). The van der Waals surface area contributed by atoms with Gasteiger partial charge in [-0.15, -0.1) is 11.3 Å². The van der Waals surface area contributed by atoms with E-state index in [9.17, 15) is 0 Å². The summed E-state index contributed by atoms with van der Waals surface area (Å²) in [6, 6.07) is 8.45. The second-order valence-electron chi connectivity index (χ2n) is 5.27. The number of fused-ring (bicyclic) bond motifs is 1. The molecule has 4 nitrogen and oxygen atoms in total. The van der Waals surface area contributed by atoms with E-state index in [-0.39, 0.29) is 0 Å². The van der Waals surface area contributed by atoms with E-state index < -0.39 is 0 Å². The summed E-state index contributed by atoms with van der Waals surface area (Å²) in [6.07, 6.45) is 3.55. The van der Waals surface area contributed by atoms with Crippen molar-refractivity contribution in [3.63, 3.8) is 0 Å². The summed E-state index contributed by atoms with van der Waals surface area (Å²) in [5.74, 6) is 0.873. The van der Waals surface area contributed by atoms with Gasteiger partial charge in [-0.05, 0) is 38.4 Å². The van der Waals surface area contributed by atoms with Crippen molar-refractivity contribution in [2.75, 3.05) is 26.1 Å². The smallest absolute Gasteiger partial charge is 0.190 e. The molecule has 1 aromatic carbocycles. The predicted octanol–water partition coefficient (Wildman–Crippen LogP) is 3.52. The van der Waals surface area contributed by atoms with Crippen molar-refractivity contribution in [1.29, 1.82) is 0 Å². The molecule has 0 aliphatic heterocycles. The summed E-state index contributed by atoms with van der Waals surface area (Å²) in [5.41, 5.74) is 2.28. The fraction of sp³-hybridized carbons (Fsp3) is 0.438. The molecule has 0 bridgehead atoms. The highest BCUT2D eigenvalue weighted by molar-refractivity contribution is 7.15. The maximum Gasteiger partial charge on any atom is 0.190 e. The molecule has 0 saturated heterocycles. The van der Waals surface area contributed by atoms with Crippen molar-refractivity contribution in [3.8, 4) is 5.75 Å². The first kappa shape index (κ1) is 14.4. The number of aryl methyl sites for hydroxylation is 1. The third-order valence-corrected chi connectivity index (χ3v) is 5.23. The summed E-state index contributed by atoms with van der Waals surface area (Å²) in [7, 11) is 5.77. The number of ether oxygens (including phenoxy) is 1. The van der Waals surface area contributed by atoms with Gasteiger partial charge in [0.1, 0.15) is 5.75 Å². The molecule has 1 aliphatic rings. The standard InChI is InChI=1S/C16H21N3OS/c1-17-11-7-6-10-14-15(11)18-16(21-14)19(2)12-8-4-5-9-13(12)20-3/h4-5,8-9,11,17H,6-7,10H2,1-3H3. The summed E-state index contributed by atoms with van der Waals surface area (Å²) in [6.45, 7) is 0. The molecule has 1 aliphatic carbocycles. The van der Waals surface area contributed by atoms with Crippen LogP contribution in [-0.4, -0.2) is 26.2 Å². The number of aromatic nitrogens is 1. The van der Waals surface area contributed by atoms with E-state index in [1.807, 2.05) is 25.2 Å². The van der Waals surface area contributed by atoms with E-state index in [0.717, 1.165) is 23.0 Å². The first-order valence-corrected chi connectivity index (χ1v) is 8.10. The summed E-state index contributed by atoms with van der Waals surface area (Å²) < 4.78 is 5.46. The van der Waals surface area contributed by atoms with E-state index in [1.54, 1.807) is 18.4 Å². The highest BCUT2D eigenvalue weighted by atomic mass is 32.1. The van der Waals surface area contributed by atoms with Gasteiger partial charge in [-0.3, -0.25) is 0 Å². The molecule has 1 unspecified atom stereocenters. The average molecular weight is 303 g/mol. The molecule has 1 aromatic heterocycles. The second-order valence-corrected chi connectivity index (χ2v) is 6.33. The number of thiazole rings is 1. The topological polar surface area (TPSA) is 37.4 Å². The summed E-state index contributed by atoms with van der Waals surface area (Å²) >= 11 is 1.80. The Balaban J connectivity index is 1.95. The van der Waals surface area contributed by atoms with Crippen molar-refractivity contribution in [3.05, 3.63) is 34.8 Å². The second kappa shape index (κ2) is 6.03. The number of anilines is 2. The number of nitrogens with one attached hydrogen (secondary N) is 1. The molecular weight excluding hydrogens is 282 g/mol. The Morgan fingerprint density at radius 2 is 2.19 bits per heavy atom. The van der Waals surface area contributed by atoms with E-state index in [4.69, 9.17) is 9.72 Å². The lowest BCUT2D eigenvalue weighted by molar-refractivity contribution is 0.415. The third kappa shape index (κ3) is 2.63. The molecule has 1 N–H and O–H groups in total. The van der Waals surface area contributed by atoms with Crippen LogP contribution in [0.2, 0.25) is 0 Å². The largest absolute Gasteiger partial charge is 0.495 e. The lowest BCUT2D eigenvalue weighted by atomic mass is 9.98. The molecular formula is C16H21N3OS. The highest BCUT2D eigenvalue weighted by Gasteiger charge is 2.25. The minimum absolute atomic E-state index is 0.393. The van der Waals surface area contributed by atoms with Gasteiger partial charge in [-0.25, -0.2) is 4.98 Å². The molecule has 0 spiro atoms. The zero-order valence-electron chi connectivity index (χ0n) is 12.7. The highest BCUT2D eigenvalue weighted by Crippen LogP contribution is 2.40. The SMILES string of the molecule is CNC1CCCc2sc(N(C)c3ccccc3OC)nc21. The Kier molecular flexibility index (Phi) is 4.12. The molecule has 0 saturated carbocycles. The maximum absolute atomic E-state index is 5.46. The number of nitrogens with zero attached hydrogens (tertiary/aromatic N) is 2. The molecule has 0 radical (unpaired) electrons. The van der Waals surface area contributed by atoms with E-state index in [0.29, 0.717) is 6.04 Å². The lowest BCUT2D eigenvalue weighted by Crippen LogP contribution is -2.21. The Bertz CT molecular complexity index is 626. The molecule has 5 heteroatoms. The van der Waals surface area contributed by atoms with Crippen LogP contribution >= 0.6 is 11.3 Å². The molecule has 1 atom stereocenters. The number of benzene rings is 1. The van der Waals surface area contributed by atoms with Gasteiger partial charge in [0, 0.05) is 11.9 Å². The average Bonchev–Trinajstić information content (AvgIpc) is 2.98. The Labute approximate surface area is 129 Å². The minimum Gasteiger partial charge on any atom is -0.495 e. The van der Waals surface area contributed by atoms with Crippen LogP contribution in [0.3, 0.4) is 0 Å². The van der Waals surface area contributed by atoms with Crippen molar-refractivity contribution >= 4 is 22.2 Å². The van der Waals surface area contributed by atoms with Gasteiger partial charge in [-0.2, -0.15) is 0 Å². The van der Waals surface area contributed by atoms with Crippen LogP contribution in [0.4, 0.5) is 10.8 Å². The zero-order chi connectivity index (χ0) is 14.8. The lowest BCUT2D eigenvalue weighted by Gasteiger charge is -2.20. The maximum atomic E-state index is 5.46. The third-order valence-electron chi connectivity index (χ3n) is 4.02. The van der Waals surface area contributed by atoms with E-state index >= 15 is 0 Å². The van der Waals surface area contributed by atoms with Crippen LogP contribution in [0.5, 0.6) is 5.75 Å². The van der Waals surface area contributed by atoms with Gasteiger partial charge < -0.3 is 15.0 Å². The van der Waals surface area contributed by atoms with Crippen LogP contribution in [0.15, 0.2) is 24.3 Å². The van der Waals surface area contributed by atoms with Crippen molar-refractivity contribution in [2.45, 2.75) is 25.3 Å². The monoisotopic (exact) mass is 303 g/mol. The van der Waals surface area contributed by atoms with Crippen LogP contribution < -0.4 is 15.0 Å². The number of para-hydroxylation sites is 2. The van der Waals surface area contributed by atoms with Crippen LogP contribution in [0.25, 0.3) is 0 Å². The predicted molar refractivity (Wildman–Crippen MR) is 87.9 cm³/mol. The molecule has 2 aromatic rings.